The first kappa shape index (κ1) is 18.5. The predicted octanol–water partition coefficient (Wildman–Crippen LogP) is 2.27. The van der Waals surface area contributed by atoms with Crippen LogP contribution in [0, 0.1) is 17.8 Å². The Bertz CT molecular complexity index is 605. The molecule has 130 valence electrons. The number of aliphatic hydroxyl groups is 1. The maximum atomic E-state index is 12.2. The van der Waals surface area contributed by atoms with Gasteiger partial charge in [0.2, 0.25) is 0 Å². The largest absolute Gasteiger partial charge is 0.378 e. The summed E-state index contributed by atoms with van der Waals surface area (Å²) in [5.74, 6) is 6.31. The first-order chi connectivity index (χ1) is 11.3. The van der Waals surface area contributed by atoms with Crippen molar-refractivity contribution in [3.05, 3.63) is 35.4 Å². The summed E-state index contributed by atoms with van der Waals surface area (Å²) in [6.45, 7) is 6.32. The van der Waals surface area contributed by atoms with Crippen LogP contribution in [0.1, 0.15) is 49.0 Å². The number of hydrogen-bond acceptors (Lipinski definition) is 3. The lowest BCUT2D eigenvalue weighted by Crippen LogP contribution is -2.34. The molecule has 1 aromatic carbocycles. The topological polar surface area (TPSA) is 52.6 Å². The Morgan fingerprint density at radius 2 is 2.08 bits per heavy atom. The van der Waals surface area contributed by atoms with Crippen molar-refractivity contribution < 1.29 is 9.90 Å². The van der Waals surface area contributed by atoms with Crippen LogP contribution in [-0.2, 0) is 0 Å². The number of nitrogens with zero attached hydrogens (tertiary/aromatic N) is 1. The minimum atomic E-state index is -1.01. The van der Waals surface area contributed by atoms with Crippen molar-refractivity contribution >= 4 is 5.91 Å². The second kappa shape index (κ2) is 8.32. The zero-order valence-electron chi connectivity index (χ0n) is 14.9. The fourth-order valence-electron chi connectivity index (χ4n) is 2.93. The van der Waals surface area contributed by atoms with Gasteiger partial charge in [0.25, 0.3) is 5.91 Å². The summed E-state index contributed by atoms with van der Waals surface area (Å²) < 4.78 is 0. The van der Waals surface area contributed by atoms with E-state index in [1.807, 2.05) is 12.1 Å². The average Bonchev–Trinajstić information content (AvgIpc) is 2.53. The summed E-state index contributed by atoms with van der Waals surface area (Å²) >= 11 is 0. The van der Waals surface area contributed by atoms with Crippen molar-refractivity contribution in [3.63, 3.8) is 0 Å². The highest BCUT2D eigenvalue weighted by Crippen LogP contribution is 2.17. The van der Waals surface area contributed by atoms with E-state index in [-0.39, 0.29) is 5.91 Å². The lowest BCUT2D eigenvalue weighted by molar-refractivity contribution is 0.0948. The fourth-order valence-corrected chi connectivity index (χ4v) is 2.93. The smallest absolute Gasteiger partial charge is 0.251 e. The van der Waals surface area contributed by atoms with Crippen LogP contribution < -0.4 is 5.32 Å². The molecule has 1 aromatic rings. The van der Waals surface area contributed by atoms with Crippen molar-refractivity contribution in [2.45, 2.75) is 38.7 Å². The van der Waals surface area contributed by atoms with Crippen molar-refractivity contribution in [1.82, 2.24) is 10.2 Å². The summed E-state index contributed by atoms with van der Waals surface area (Å²) in [6.07, 6.45) is 3.54. The zero-order chi connectivity index (χ0) is 17.6. The van der Waals surface area contributed by atoms with Gasteiger partial charge in [0.15, 0.2) is 0 Å². The maximum absolute atomic E-state index is 12.2. The molecule has 1 unspecified atom stereocenters. The van der Waals surface area contributed by atoms with Crippen LogP contribution >= 0.6 is 0 Å². The number of amides is 1. The Hall–Kier alpha value is -1.83. The van der Waals surface area contributed by atoms with Crippen LogP contribution in [0.3, 0.4) is 0 Å². The van der Waals surface area contributed by atoms with Crippen LogP contribution in [0.5, 0.6) is 0 Å². The van der Waals surface area contributed by atoms with Gasteiger partial charge in [-0.25, -0.2) is 0 Å². The van der Waals surface area contributed by atoms with E-state index in [1.165, 1.54) is 19.4 Å². The lowest BCUT2D eigenvalue weighted by atomic mass is 9.95. The summed E-state index contributed by atoms with van der Waals surface area (Å²) in [4.78, 5) is 14.5. The standard InChI is InChI=1S/C20H28N2O2/c1-20(2,24)12-10-16-6-8-18(9-7-16)19(23)21-13-11-17-5-4-14-22(3)15-17/h6-9,17,24H,4-5,11,13-15H2,1-3H3,(H,21,23). The second-order valence-corrected chi connectivity index (χ2v) is 7.20. The number of carbonyl (C=O) groups is 1. The van der Waals surface area contributed by atoms with E-state index in [9.17, 15) is 9.90 Å². The molecule has 0 bridgehead atoms. The Morgan fingerprint density at radius 3 is 2.71 bits per heavy atom. The van der Waals surface area contributed by atoms with Gasteiger partial charge in [0.05, 0.1) is 0 Å². The molecule has 1 saturated heterocycles. The van der Waals surface area contributed by atoms with E-state index in [0.717, 1.165) is 25.1 Å². The number of nitrogens with one attached hydrogen (secondary N) is 1. The molecular weight excluding hydrogens is 300 g/mol. The van der Waals surface area contributed by atoms with Crippen molar-refractivity contribution in [2.75, 3.05) is 26.7 Å². The molecule has 1 fully saturated rings. The van der Waals surface area contributed by atoms with E-state index in [0.29, 0.717) is 11.5 Å². The molecule has 4 nitrogen and oxygen atoms in total. The monoisotopic (exact) mass is 328 g/mol. The van der Waals surface area contributed by atoms with Gasteiger partial charge in [-0.2, -0.15) is 0 Å². The molecule has 1 atom stereocenters. The van der Waals surface area contributed by atoms with Gasteiger partial charge in [-0.1, -0.05) is 11.8 Å². The van der Waals surface area contributed by atoms with Gasteiger partial charge >= 0.3 is 0 Å². The predicted molar refractivity (Wildman–Crippen MR) is 96.8 cm³/mol. The second-order valence-electron chi connectivity index (χ2n) is 7.20. The van der Waals surface area contributed by atoms with Crippen LogP contribution in [0.2, 0.25) is 0 Å². The number of hydrogen-bond donors (Lipinski definition) is 2. The van der Waals surface area contributed by atoms with Gasteiger partial charge in [-0.15, -0.1) is 0 Å². The van der Waals surface area contributed by atoms with Gasteiger partial charge in [-0.05, 0) is 76.9 Å². The van der Waals surface area contributed by atoms with E-state index in [2.05, 4.69) is 29.1 Å². The number of benzene rings is 1. The van der Waals surface area contributed by atoms with Crippen LogP contribution in [0.15, 0.2) is 24.3 Å². The van der Waals surface area contributed by atoms with Gasteiger partial charge < -0.3 is 15.3 Å². The highest BCUT2D eigenvalue weighted by atomic mass is 16.3. The molecule has 0 aromatic heterocycles. The summed E-state index contributed by atoms with van der Waals surface area (Å²) in [5.41, 5.74) is 0.423. The first-order valence-electron chi connectivity index (χ1n) is 8.66. The number of rotatable bonds is 4. The molecule has 0 aliphatic carbocycles. The molecule has 1 aliphatic heterocycles. The average molecular weight is 328 g/mol. The minimum Gasteiger partial charge on any atom is -0.378 e. The van der Waals surface area contributed by atoms with Crippen molar-refractivity contribution in [3.8, 4) is 11.8 Å². The molecule has 24 heavy (non-hydrogen) atoms. The van der Waals surface area contributed by atoms with Gasteiger partial charge in [0, 0.05) is 24.2 Å². The van der Waals surface area contributed by atoms with Crippen molar-refractivity contribution in [1.29, 1.82) is 0 Å². The highest BCUT2D eigenvalue weighted by Gasteiger charge is 2.17. The Kier molecular flexibility index (Phi) is 6.42. The third-order valence-electron chi connectivity index (χ3n) is 4.22. The third-order valence-corrected chi connectivity index (χ3v) is 4.22. The van der Waals surface area contributed by atoms with E-state index >= 15 is 0 Å². The number of piperidine rings is 1. The minimum absolute atomic E-state index is 0.0406. The molecular formula is C20H28N2O2. The van der Waals surface area contributed by atoms with E-state index in [1.54, 1.807) is 26.0 Å². The zero-order valence-corrected chi connectivity index (χ0v) is 14.9. The van der Waals surface area contributed by atoms with Gasteiger partial charge in [0.1, 0.15) is 5.60 Å². The molecule has 2 N–H and O–H groups in total. The quantitative estimate of drug-likeness (QED) is 0.834. The highest BCUT2D eigenvalue weighted by molar-refractivity contribution is 5.94. The van der Waals surface area contributed by atoms with E-state index in [4.69, 9.17) is 0 Å². The Morgan fingerprint density at radius 1 is 1.38 bits per heavy atom. The summed E-state index contributed by atoms with van der Waals surface area (Å²) in [7, 11) is 2.16. The van der Waals surface area contributed by atoms with Crippen LogP contribution in [0.4, 0.5) is 0 Å². The molecule has 1 amide bonds. The Labute approximate surface area is 145 Å². The maximum Gasteiger partial charge on any atom is 0.251 e. The molecule has 4 heteroatoms. The lowest BCUT2D eigenvalue weighted by Gasteiger charge is -2.29. The first-order valence-corrected chi connectivity index (χ1v) is 8.66. The fraction of sp³-hybridized carbons (Fsp3) is 0.550. The molecule has 0 saturated carbocycles. The molecule has 1 aliphatic rings. The molecule has 1 heterocycles. The SMILES string of the molecule is CN1CCCC(CCNC(=O)c2ccc(C#CC(C)(C)O)cc2)C1. The third kappa shape index (κ3) is 6.35. The van der Waals surface area contributed by atoms with Crippen LogP contribution in [0.25, 0.3) is 0 Å². The summed E-state index contributed by atoms with van der Waals surface area (Å²) in [6, 6.07) is 7.17. The molecule has 0 radical (unpaired) electrons. The van der Waals surface area contributed by atoms with Crippen molar-refractivity contribution in [2.24, 2.45) is 5.92 Å². The van der Waals surface area contributed by atoms with E-state index < -0.39 is 5.60 Å². The number of likely N-dealkylation sites (tertiary alicyclic amines) is 1. The normalized spacial score (nSPS) is 18.6. The Balaban J connectivity index is 1.81. The van der Waals surface area contributed by atoms with Gasteiger partial charge in [-0.3, -0.25) is 4.79 Å². The summed E-state index contributed by atoms with van der Waals surface area (Å²) in [5, 5.41) is 12.6. The number of carbonyl (C=O) groups excluding carboxylic acids is 1. The van der Waals surface area contributed by atoms with Crippen LogP contribution in [-0.4, -0.2) is 48.2 Å². The molecule has 0 spiro atoms. The molecule has 2 rings (SSSR count).